The summed E-state index contributed by atoms with van der Waals surface area (Å²) in [7, 11) is 3.04. The Kier molecular flexibility index (Phi) is 8.41. The van der Waals surface area contributed by atoms with Gasteiger partial charge in [-0.3, -0.25) is 9.59 Å². The maximum absolute atomic E-state index is 13.5. The first-order chi connectivity index (χ1) is 19.1. The highest BCUT2D eigenvalue weighted by Crippen LogP contribution is 2.38. The van der Waals surface area contributed by atoms with Crippen LogP contribution < -0.4 is 19.8 Å². The predicted molar refractivity (Wildman–Crippen MR) is 147 cm³/mol. The highest BCUT2D eigenvalue weighted by Gasteiger charge is 2.23. The van der Waals surface area contributed by atoms with E-state index in [9.17, 15) is 9.59 Å². The van der Waals surface area contributed by atoms with Crippen molar-refractivity contribution in [3.8, 4) is 17.2 Å². The number of nitrogens with zero attached hydrogens (tertiary/aromatic N) is 4. The number of hydrogen-bond acceptors (Lipinski definition) is 8. The van der Waals surface area contributed by atoms with Gasteiger partial charge in [-0.25, -0.2) is 4.98 Å². The van der Waals surface area contributed by atoms with Crippen LogP contribution in [0.15, 0.2) is 46.3 Å². The molecule has 1 aromatic heterocycles. The van der Waals surface area contributed by atoms with Crippen molar-refractivity contribution in [3.63, 3.8) is 0 Å². The van der Waals surface area contributed by atoms with E-state index in [4.69, 9.17) is 23.9 Å². The summed E-state index contributed by atoms with van der Waals surface area (Å²) >= 11 is 0. The van der Waals surface area contributed by atoms with Gasteiger partial charge in [0.05, 0.1) is 44.6 Å². The number of hydrogen-bond donors (Lipinski definition) is 0. The van der Waals surface area contributed by atoms with Crippen LogP contribution in [-0.4, -0.2) is 73.8 Å². The van der Waals surface area contributed by atoms with Crippen LogP contribution in [0, 0.1) is 0 Å². The summed E-state index contributed by atoms with van der Waals surface area (Å²) in [6.45, 7) is 1.97. The molecule has 3 aromatic rings. The smallest absolute Gasteiger partial charge is 0.282 e. The van der Waals surface area contributed by atoms with Gasteiger partial charge in [0.1, 0.15) is 5.82 Å². The molecule has 1 aliphatic heterocycles. The molecule has 1 amide bonds. The third kappa shape index (κ3) is 5.90. The van der Waals surface area contributed by atoms with Crippen LogP contribution in [0.3, 0.4) is 0 Å². The highest BCUT2D eigenvalue weighted by atomic mass is 16.5. The second-order valence-corrected chi connectivity index (χ2v) is 9.72. The molecule has 1 aliphatic carbocycles. The van der Waals surface area contributed by atoms with E-state index < -0.39 is 0 Å². The van der Waals surface area contributed by atoms with Crippen LogP contribution in [0.25, 0.3) is 10.9 Å². The quantitative estimate of drug-likeness (QED) is 0.407. The average molecular weight is 535 g/mol. The maximum Gasteiger partial charge on any atom is 0.282 e. The summed E-state index contributed by atoms with van der Waals surface area (Å²) in [6.07, 6.45) is 6.98. The van der Waals surface area contributed by atoms with Crippen LogP contribution in [0.4, 0.5) is 0 Å². The summed E-state index contributed by atoms with van der Waals surface area (Å²) in [5.41, 5.74) is 1.13. The van der Waals surface area contributed by atoms with Gasteiger partial charge in [0.15, 0.2) is 18.1 Å². The van der Waals surface area contributed by atoms with Crippen LogP contribution in [0.2, 0.25) is 0 Å². The van der Waals surface area contributed by atoms with Gasteiger partial charge in [-0.05, 0) is 37.1 Å². The minimum Gasteiger partial charge on any atom is -0.493 e. The Morgan fingerprint density at radius 3 is 2.46 bits per heavy atom. The van der Waals surface area contributed by atoms with Gasteiger partial charge in [0.2, 0.25) is 5.75 Å². The summed E-state index contributed by atoms with van der Waals surface area (Å²) < 4.78 is 23.7. The third-order valence-electron chi connectivity index (χ3n) is 7.26. The maximum atomic E-state index is 13.5. The average Bonchev–Trinajstić information content (AvgIpc) is 3.00. The molecule has 2 heterocycles. The van der Waals surface area contributed by atoms with E-state index in [0.717, 1.165) is 25.7 Å². The second kappa shape index (κ2) is 12.3. The number of benzene rings is 2. The highest BCUT2D eigenvalue weighted by molar-refractivity contribution is 5.83. The Morgan fingerprint density at radius 2 is 1.77 bits per heavy atom. The fourth-order valence-electron chi connectivity index (χ4n) is 5.16. The lowest BCUT2D eigenvalue weighted by molar-refractivity contribution is -0.137. The normalized spacial score (nSPS) is 16.5. The Morgan fingerprint density at radius 1 is 1.08 bits per heavy atom. The number of carbonyl (C=O) groups excluding carboxylic acids is 1. The predicted octanol–water partition coefficient (Wildman–Crippen LogP) is 3.58. The number of morpholine rings is 1. The molecule has 0 atom stereocenters. The number of carbonyl (C=O) groups is 1. The number of rotatable bonds is 8. The molecule has 5 rings (SSSR count). The Labute approximate surface area is 227 Å². The van der Waals surface area contributed by atoms with Crippen molar-refractivity contribution in [3.05, 3.63) is 58.1 Å². The molecule has 10 nitrogen and oxygen atoms in total. The summed E-state index contributed by atoms with van der Waals surface area (Å²) in [4.78, 5) is 32.7. The Bertz CT molecular complexity index is 1380. The van der Waals surface area contributed by atoms with Crippen LogP contribution >= 0.6 is 0 Å². The van der Waals surface area contributed by atoms with E-state index in [1.807, 2.05) is 18.2 Å². The molecule has 2 aromatic carbocycles. The molecule has 39 heavy (non-hydrogen) atoms. The first kappa shape index (κ1) is 26.7. The van der Waals surface area contributed by atoms with E-state index >= 15 is 0 Å². The van der Waals surface area contributed by atoms with E-state index in [1.165, 1.54) is 25.3 Å². The van der Waals surface area contributed by atoms with Gasteiger partial charge in [-0.15, -0.1) is 0 Å². The van der Waals surface area contributed by atoms with Crippen molar-refractivity contribution < 1.29 is 23.7 Å². The molecule has 0 spiro atoms. The minimum absolute atomic E-state index is 0.133. The molecule has 1 saturated carbocycles. The number of fused-ring (bicyclic) bond motifs is 1. The summed E-state index contributed by atoms with van der Waals surface area (Å²) in [6, 6.07) is 10.8. The lowest BCUT2D eigenvalue weighted by Gasteiger charge is -2.27. The molecular formula is C29H34N4O6. The molecule has 0 bridgehead atoms. The topological polar surface area (TPSA) is 104 Å². The fraction of sp³-hybridized carbons (Fsp3) is 0.448. The van der Waals surface area contributed by atoms with Crippen LogP contribution in [0.5, 0.6) is 17.2 Å². The number of methoxy groups -OCH3 is 2. The lowest BCUT2D eigenvalue weighted by Crippen LogP contribution is -2.43. The van der Waals surface area contributed by atoms with Gasteiger partial charge in [0.25, 0.3) is 11.5 Å². The van der Waals surface area contributed by atoms with Crippen molar-refractivity contribution in [2.45, 2.75) is 38.0 Å². The van der Waals surface area contributed by atoms with E-state index in [-0.39, 0.29) is 24.0 Å². The van der Waals surface area contributed by atoms with Gasteiger partial charge in [0, 0.05) is 24.6 Å². The summed E-state index contributed by atoms with van der Waals surface area (Å²) in [5, 5.41) is 5.14. The molecule has 0 unspecified atom stereocenters. The van der Waals surface area contributed by atoms with Crippen molar-refractivity contribution in [1.29, 1.82) is 0 Å². The molecule has 0 N–H and O–H groups in total. The van der Waals surface area contributed by atoms with Crippen molar-refractivity contribution in [2.24, 2.45) is 5.10 Å². The lowest BCUT2D eigenvalue weighted by atomic mass is 9.88. The zero-order chi connectivity index (χ0) is 27.2. The zero-order valence-electron chi connectivity index (χ0n) is 22.4. The third-order valence-corrected chi connectivity index (χ3v) is 7.26. The summed E-state index contributed by atoms with van der Waals surface area (Å²) in [5.74, 6) is 1.84. The number of para-hydroxylation sites is 1. The number of ether oxygens (including phenoxy) is 4. The van der Waals surface area contributed by atoms with Crippen molar-refractivity contribution >= 4 is 23.0 Å². The van der Waals surface area contributed by atoms with Gasteiger partial charge in [-0.2, -0.15) is 9.78 Å². The van der Waals surface area contributed by atoms with Gasteiger partial charge < -0.3 is 23.8 Å². The minimum atomic E-state index is -0.196. The number of aromatic nitrogens is 2. The molecule has 10 heteroatoms. The monoisotopic (exact) mass is 534 g/mol. The largest absolute Gasteiger partial charge is 0.493 e. The van der Waals surface area contributed by atoms with E-state index in [2.05, 4.69) is 5.10 Å². The Balaban J connectivity index is 1.45. The van der Waals surface area contributed by atoms with Crippen molar-refractivity contribution in [2.75, 3.05) is 47.1 Å². The molecule has 1 saturated heterocycles. The van der Waals surface area contributed by atoms with E-state index in [0.29, 0.717) is 65.8 Å². The van der Waals surface area contributed by atoms with Crippen LogP contribution in [-0.2, 0) is 9.53 Å². The second-order valence-electron chi connectivity index (χ2n) is 9.72. The Hall–Kier alpha value is -3.92. The van der Waals surface area contributed by atoms with Crippen molar-refractivity contribution in [1.82, 2.24) is 14.6 Å². The van der Waals surface area contributed by atoms with E-state index in [1.54, 1.807) is 29.3 Å². The fourth-order valence-corrected chi connectivity index (χ4v) is 5.16. The molecular weight excluding hydrogens is 500 g/mol. The number of amides is 1. The SMILES string of the molecule is COc1cc(C=Nn2c(C3CCCCC3)nc3ccccc3c2=O)cc(OC)c1OCC(=O)N1CCOCC1. The molecule has 206 valence electrons. The molecule has 0 radical (unpaired) electrons. The zero-order valence-corrected chi connectivity index (χ0v) is 22.4. The first-order valence-electron chi connectivity index (χ1n) is 13.4. The molecule has 2 aliphatic rings. The van der Waals surface area contributed by atoms with Crippen LogP contribution in [0.1, 0.15) is 49.4 Å². The standard InChI is InChI=1S/C29H34N4O6/c1-36-24-16-20(17-25(37-2)27(24)39-19-26(34)32-12-14-38-15-13-32)18-30-33-28(21-8-4-3-5-9-21)31-23-11-7-6-10-22(23)29(33)35/h6-7,10-11,16-18,21H,3-5,8-9,12-15,19H2,1-2H3. The molecule has 2 fully saturated rings. The van der Waals surface area contributed by atoms with Gasteiger partial charge >= 0.3 is 0 Å². The first-order valence-corrected chi connectivity index (χ1v) is 13.4. The van der Waals surface area contributed by atoms with Gasteiger partial charge in [-0.1, -0.05) is 31.4 Å².